The smallest absolute Gasteiger partial charge is 0.246 e. The quantitative estimate of drug-likeness (QED) is 0.520. The average molecular weight is 421 g/mol. The van der Waals surface area contributed by atoms with Crippen molar-refractivity contribution in [1.29, 1.82) is 0 Å². The number of hydrogen-bond acceptors (Lipinski definition) is 7. The van der Waals surface area contributed by atoms with Gasteiger partial charge in [0.1, 0.15) is 11.4 Å². The van der Waals surface area contributed by atoms with Gasteiger partial charge < -0.3 is 21.5 Å². The lowest BCUT2D eigenvalue weighted by atomic mass is 9.93. The highest BCUT2D eigenvalue weighted by molar-refractivity contribution is 5.84. The van der Waals surface area contributed by atoms with E-state index in [-0.39, 0.29) is 12.6 Å². The van der Waals surface area contributed by atoms with E-state index in [2.05, 4.69) is 10.2 Å². The Morgan fingerprint density at radius 1 is 0.806 bits per heavy atom. The summed E-state index contributed by atoms with van der Waals surface area (Å²) in [6, 6.07) is 7.87. The topological polar surface area (TPSA) is 114 Å². The molecule has 164 valence electrons. The first-order chi connectivity index (χ1) is 14.7. The summed E-state index contributed by atoms with van der Waals surface area (Å²) < 4.78 is 0. The average Bonchev–Trinajstić information content (AvgIpc) is 2.74. The Hall–Kier alpha value is -3.19. The largest absolute Gasteiger partial charge is 0.399 e. The lowest BCUT2D eigenvalue weighted by Gasteiger charge is -2.26. The second-order valence-electron chi connectivity index (χ2n) is 8.22. The molecule has 3 aromatic rings. The van der Waals surface area contributed by atoms with Crippen LogP contribution in [0.25, 0.3) is 22.5 Å². The number of rotatable bonds is 6. The maximum atomic E-state index is 9.53. The third kappa shape index (κ3) is 4.18. The van der Waals surface area contributed by atoms with Crippen molar-refractivity contribution in [1.82, 2.24) is 15.2 Å². The van der Waals surface area contributed by atoms with Crippen molar-refractivity contribution >= 4 is 17.3 Å². The first-order valence-electron chi connectivity index (χ1n) is 10.5. The van der Waals surface area contributed by atoms with Gasteiger partial charge in [0.25, 0.3) is 0 Å². The Bertz CT molecular complexity index is 1110. The van der Waals surface area contributed by atoms with E-state index in [0.29, 0.717) is 18.2 Å². The number of hydrogen-bond donors (Lipinski definition) is 3. The normalized spacial score (nSPS) is 11.2. The Kier molecular flexibility index (Phi) is 6.45. The summed E-state index contributed by atoms with van der Waals surface area (Å²) in [6.45, 7) is 12.6. The molecule has 0 saturated carbocycles. The monoisotopic (exact) mass is 420 g/mol. The fourth-order valence-electron chi connectivity index (χ4n) is 3.70. The van der Waals surface area contributed by atoms with Crippen LogP contribution in [0.4, 0.5) is 17.3 Å². The van der Waals surface area contributed by atoms with Crippen molar-refractivity contribution in [2.75, 3.05) is 29.5 Å². The van der Waals surface area contributed by atoms with Crippen LogP contribution in [0.1, 0.15) is 36.1 Å². The summed E-state index contributed by atoms with van der Waals surface area (Å²) in [6.07, 6.45) is 0. The minimum atomic E-state index is 0.00883. The van der Waals surface area contributed by atoms with Crippen LogP contribution in [-0.2, 0) is 0 Å². The van der Waals surface area contributed by atoms with E-state index < -0.39 is 0 Å². The molecule has 5 N–H and O–H groups in total. The highest BCUT2D eigenvalue weighted by atomic mass is 16.3. The van der Waals surface area contributed by atoms with Crippen LogP contribution < -0.4 is 16.4 Å². The molecule has 0 bridgehead atoms. The number of aliphatic hydroxyl groups excluding tert-OH is 1. The Morgan fingerprint density at radius 3 is 1.81 bits per heavy atom. The number of benzene rings is 2. The van der Waals surface area contributed by atoms with Gasteiger partial charge in [-0.15, -0.1) is 10.2 Å². The van der Waals surface area contributed by atoms with Gasteiger partial charge in [-0.25, -0.2) is 4.98 Å². The number of aliphatic hydroxyl groups is 1. The van der Waals surface area contributed by atoms with Crippen molar-refractivity contribution in [2.45, 2.75) is 47.6 Å². The summed E-state index contributed by atoms with van der Waals surface area (Å²) in [5.41, 5.74) is 21.2. The predicted molar refractivity (Wildman–Crippen MR) is 128 cm³/mol. The molecule has 0 unspecified atom stereocenters. The molecule has 7 nitrogen and oxygen atoms in total. The molecule has 2 aromatic carbocycles. The molecule has 1 aromatic heterocycles. The minimum absolute atomic E-state index is 0.00883. The van der Waals surface area contributed by atoms with Crippen LogP contribution in [0.5, 0.6) is 0 Å². The fraction of sp³-hybridized carbons (Fsp3) is 0.375. The first kappa shape index (κ1) is 22.5. The zero-order chi connectivity index (χ0) is 22.9. The molecule has 0 aliphatic heterocycles. The van der Waals surface area contributed by atoms with Crippen molar-refractivity contribution in [3.05, 3.63) is 46.5 Å². The molecular formula is C24H32N6O. The molecule has 0 spiro atoms. The maximum Gasteiger partial charge on any atom is 0.246 e. The van der Waals surface area contributed by atoms with Crippen LogP contribution in [0, 0.1) is 27.7 Å². The van der Waals surface area contributed by atoms with Crippen LogP contribution in [0.2, 0.25) is 0 Å². The number of nitrogens with two attached hydrogens (primary N) is 2. The number of nitrogen functional groups attached to an aromatic ring is 2. The maximum absolute atomic E-state index is 9.53. The molecule has 0 saturated heterocycles. The van der Waals surface area contributed by atoms with Crippen molar-refractivity contribution in [3.63, 3.8) is 0 Å². The van der Waals surface area contributed by atoms with E-state index in [4.69, 9.17) is 16.5 Å². The zero-order valence-electron chi connectivity index (χ0n) is 19.2. The molecule has 0 amide bonds. The van der Waals surface area contributed by atoms with Crippen molar-refractivity contribution < 1.29 is 5.11 Å². The number of aromatic nitrogens is 3. The third-order valence-corrected chi connectivity index (χ3v) is 6.07. The highest BCUT2D eigenvalue weighted by Gasteiger charge is 2.22. The molecule has 0 aliphatic carbocycles. The van der Waals surface area contributed by atoms with Gasteiger partial charge >= 0.3 is 0 Å². The zero-order valence-corrected chi connectivity index (χ0v) is 19.2. The number of anilines is 3. The summed E-state index contributed by atoms with van der Waals surface area (Å²) >= 11 is 0. The van der Waals surface area contributed by atoms with Crippen LogP contribution >= 0.6 is 0 Å². The molecule has 0 atom stereocenters. The van der Waals surface area contributed by atoms with Gasteiger partial charge in [-0.1, -0.05) is 12.1 Å². The van der Waals surface area contributed by atoms with Gasteiger partial charge in [-0.2, -0.15) is 0 Å². The first-order valence-corrected chi connectivity index (χ1v) is 10.5. The van der Waals surface area contributed by atoms with E-state index >= 15 is 0 Å². The van der Waals surface area contributed by atoms with E-state index in [1.165, 1.54) is 0 Å². The molecule has 0 fully saturated rings. The van der Waals surface area contributed by atoms with Crippen LogP contribution in [0.3, 0.4) is 0 Å². The Labute approximate surface area is 184 Å². The fourth-order valence-corrected chi connectivity index (χ4v) is 3.70. The Morgan fingerprint density at radius 2 is 1.32 bits per heavy atom. The lowest BCUT2D eigenvalue weighted by Crippen LogP contribution is -2.35. The second-order valence-corrected chi connectivity index (χ2v) is 8.22. The van der Waals surface area contributed by atoms with Gasteiger partial charge in [0.15, 0.2) is 0 Å². The molecule has 0 radical (unpaired) electrons. The van der Waals surface area contributed by atoms with Gasteiger partial charge in [0.05, 0.1) is 6.61 Å². The summed E-state index contributed by atoms with van der Waals surface area (Å²) in [7, 11) is 0. The van der Waals surface area contributed by atoms with E-state index in [0.717, 1.165) is 50.4 Å². The van der Waals surface area contributed by atoms with Crippen molar-refractivity contribution in [3.8, 4) is 22.5 Å². The van der Waals surface area contributed by atoms with Gasteiger partial charge in [0.2, 0.25) is 5.95 Å². The minimum Gasteiger partial charge on any atom is -0.399 e. The lowest BCUT2D eigenvalue weighted by molar-refractivity contribution is 0.298. The molecule has 0 aliphatic rings. The molecule has 1 heterocycles. The van der Waals surface area contributed by atoms with Gasteiger partial charge in [0, 0.05) is 35.1 Å². The molecule has 7 heteroatoms. The standard InChI is InChI=1S/C24H32N6O/c1-13(2)30(11-12-31)24-27-22(18-7-9-20(25)16(5)14(18)3)23(28-29-24)19-8-10-21(26)17(6)15(19)4/h7-10,13,31H,11-12,25-26H2,1-6H3. The summed E-state index contributed by atoms with van der Waals surface area (Å²) in [4.78, 5) is 6.90. The van der Waals surface area contributed by atoms with Crippen molar-refractivity contribution in [2.24, 2.45) is 0 Å². The molecule has 3 rings (SSSR count). The molecule has 31 heavy (non-hydrogen) atoms. The summed E-state index contributed by atoms with van der Waals surface area (Å²) in [5.74, 6) is 0.487. The van der Waals surface area contributed by atoms with Crippen LogP contribution in [-0.4, -0.2) is 39.5 Å². The SMILES string of the molecule is Cc1c(N)ccc(-c2nnc(N(CCO)C(C)C)nc2-c2ccc(N)c(C)c2C)c1C. The van der Waals surface area contributed by atoms with Crippen LogP contribution in [0.15, 0.2) is 24.3 Å². The number of nitrogens with zero attached hydrogens (tertiary/aromatic N) is 4. The van der Waals surface area contributed by atoms with E-state index in [1.54, 1.807) is 0 Å². The molecular weight excluding hydrogens is 388 g/mol. The van der Waals surface area contributed by atoms with Gasteiger partial charge in [-0.05, 0) is 75.9 Å². The van der Waals surface area contributed by atoms with E-state index in [1.807, 2.05) is 70.7 Å². The highest BCUT2D eigenvalue weighted by Crippen LogP contribution is 2.37. The summed E-state index contributed by atoms with van der Waals surface area (Å²) in [5, 5.41) is 18.6. The third-order valence-electron chi connectivity index (χ3n) is 6.07. The predicted octanol–water partition coefficient (Wildman–Crippen LogP) is 3.81. The van der Waals surface area contributed by atoms with E-state index in [9.17, 15) is 5.11 Å². The Balaban J connectivity index is 2.32. The van der Waals surface area contributed by atoms with Gasteiger partial charge in [-0.3, -0.25) is 0 Å². The second kappa shape index (κ2) is 8.89.